The molecule has 0 radical (unpaired) electrons. The molecule has 0 fully saturated rings. The van der Waals surface area contributed by atoms with Crippen molar-refractivity contribution in [2.45, 2.75) is 0 Å². The van der Waals surface area contributed by atoms with E-state index in [9.17, 15) is 10.1 Å². The van der Waals surface area contributed by atoms with Crippen LogP contribution < -0.4 is 0 Å². The first-order valence-electron chi connectivity index (χ1n) is 3.88. The highest BCUT2D eigenvalue weighted by Gasteiger charge is 2.13. The largest absolute Gasteiger partial charge is 0.281 e. The Bertz CT molecular complexity index is 508. The molecule has 2 aromatic rings. The number of halogens is 1. The molecule has 0 aliphatic carbocycles. The van der Waals surface area contributed by atoms with Crippen LogP contribution in [0, 0.1) is 13.7 Å². The minimum atomic E-state index is -0.383. The van der Waals surface area contributed by atoms with Crippen molar-refractivity contribution in [2.24, 2.45) is 0 Å². The summed E-state index contributed by atoms with van der Waals surface area (Å²) in [6, 6.07) is 6.85. The van der Waals surface area contributed by atoms with Gasteiger partial charge in [-0.25, -0.2) is 0 Å². The fourth-order valence-electron chi connectivity index (χ4n) is 1.30. The number of hydrogen-bond donors (Lipinski definition) is 0. The van der Waals surface area contributed by atoms with Gasteiger partial charge in [-0.1, -0.05) is 6.07 Å². The third-order valence-electron chi connectivity index (χ3n) is 1.89. The number of pyridine rings is 1. The van der Waals surface area contributed by atoms with Crippen molar-refractivity contribution in [3.05, 3.63) is 44.1 Å². The summed E-state index contributed by atoms with van der Waals surface area (Å²) in [5.41, 5.74) is 0.770. The van der Waals surface area contributed by atoms with E-state index in [1.165, 1.54) is 12.3 Å². The van der Waals surface area contributed by atoms with Gasteiger partial charge < -0.3 is 0 Å². The van der Waals surface area contributed by atoms with Crippen molar-refractivity contribution in [1.29, 1.82) is 0 Å². The monoisotopic (exact) mass is 300 g/mol. The van der Waals surface area contributed by atoms with E-state index in [1.54, 1.807) is 6.07 Å². The zero-order valence-corrected chi connectivity index (χ0v) is 9.13. The maximum atomic E-state index is 10.7. The average molecular weight is 300 g/mol. The van der Waals surface area contributed by atoms with E-state index >= 15 is 0 Å². The lowest BCUT2D eigenvalue weighted by Gasteiger charge is -1.99. The van der Waals surface area contributed by atoms with Crippen molar-refractivity contribution in [3.8, 4) is 0 Å². The van der Waals surface area contributed by atoms with Crippen molar-refractivity contribution in [2.75, 3.05) is 0 Å². The van der Waals surface area contributed by atoms with Crippen LogP contribution in [0.15, 0.2) is 30.5 Å². The first-order valence-corrected chi connectivity index (χ1v) is 4.95. The lowest BCUT2D eigenvalue weighted by Crippen LogP contribution is -1.92. The van der Waals surface area contributed by atoms with Gasteiger partial charge in [0.05, 0.1) is 15.8 Å². The summed E-state index contributed by atoms with van der Waals surface area (Å²) < 4.78 is 0.847. The molecule has 4 nitrogen and oxygen atoms in total. The molecular weight excluding hydrogens is 295 g/mol. The van der Waals surface area contributed by atoms with Crippen LogP contribution in [0.25, 0.3) is 10.9 Å². The van der Waals surface area contributed by atoms with E-state index in [4.69, 9.17) is 0 Å². The standard InChI is InChI=1S/C9H5IN2O2/c10-6-2-1-3-7-9(6)8(12(13)14)4-5-11-7/h1-5H. The van der Waals surface area contributed by atoms with Crippen LogP contribution in [0.2, 0.25) is 0 Å². The van der Waals surface area contributed by atoms with E-state index in [0.29, 0.717) is 10.9 Å². The molecule has 70 valence electrons. The van der Waals surface area contributed by atoms with Gasteiger partial charge in [0.25, 0.3) is 5.69 Å². The number of rotatable bonds is 1. The zero-order valence-electron chi connectivity index (χ0n) is 6.98. The van der Waals surface area contributed by atoms with E-state index in [1.807, 2.05) is 12.1 Å². The van der Waals surface area contributed by atoms with Crippen LogP contribution >= 0.6 is 22.6 Å². The molecule has 1 aromatic heterocycles. The van der Waals surface area contributed by atoms with Gasteiger partial charge in [-0.2, -0.15) is 0 Å². The Hall–Kier alpha value is -1.24. The van der Waals surface area contributed by atoms with Gasteiger partial charge >= 0.3 is 0 Å². The highest BCUT2D eigenvalue weighted by Crippen LogP contribution is 2.27. The zero-order chi connectivity index (χ0) is 10.1. The van der Waals surface area contributed by atoms with Gasteiger partial charge in [0.15, 0.2) is 0 Å². The van der Waals surface area contributed by atoms with Crippen LogP contribution in [-0.2, 0) is 0 Å². The number of fused-ring (bicyclic) bond motifs is 1. The second-order valence-corrected chi connectivity index (χ2v) is 3.88. The molecule has 0 unspecified atom stereocenters. The summed E-state index contributed by atoms with van der Waals surface area (Å²) in [4.78, 5) is 14.4. The van der Waals surface area contributed by atoms with E-state index in [0.717, 1.165) is 3.57 Å². The van der Waals surface area contributed by atoms with Crippen LogP contribution in [0.1, 0.15) is 0 Å². The molecular formula is C9H5IN2O2. The molecule has 14 heavy (non-hydrogen) atoms. The minimum absolute atomic E-state index is 0.111. The summed E-state index contributed by atoms with van der Waals surface area (Å²) in [7, 11) is 0. The third kappa shape index (κ3) is 1.43. The average Bonchev–Trinajstić information content (AvgIpc) is 2.17. The van der Waals surface area contributed by atoms with E-state index in [-0.39, 0.29) is 10.6 Å². The first-order chi connectivity index (χ1) is 6.70. The summed E-state index contributed by atoms with van der Waals surface area (Å²) >= 11 is 2.07. The molecule has 5 heteroatoms. The van der Waals surface area contributed by atoms with Crippen LogP contribution in [0.4, 0.5) is 5.69 Å². The van der Waals surface area contributed by atoms with Crippen LogP contribution in [0.3, 0.4) is 0 Å². The number of aromatic nitrogens is 1. The Kier molecular flexibility index (Phi) is 2.32. The maximum Gasteiger partial charge on any atom is 0.281 e. The van der Waals surface area contributed by atoms with Gasteiger partial charge in [0, 0.05) is 15.8 Å². The molecule has 0 saturated carbocycles. The number of nitro groups is 1. The topological polar surface area (TPSA) is 56.0 Å². The predicted octanol–water partition coefficient (Wildman–Crippen LogP) is 2.75. The highest BCUT2D eigenvalue weighted by atomic mass is 127. The minimum Gasteiger partial charge on any atom is -0.258 e. The Balaban J connectivity index is 2.91. The fraction of sp³-hybridized carbons (Fsp3) is 0. The van der Waals surface area contributed by atoms with Gasteiger partial charge in [-0.15, -0.1) is 0 Å². The Morgan fingerprint density at radius 1 is 1.36 bits per heavy atom. The van der Waals surface area contributed by atoms with E-state index < -0.39 is 0 Å². The molecule has 0 aliphatic heterocycles. The van der Waals surface area contributed by atoms with Gasteiger partial charge in [-0.05, 0) is 34.7 Å². The normalized spacial score (nSPS) is 10.4. The number of benzene rings is 1. The first kappa shape index (κ1) is 9.32. The lowest BCUT2D eigenvalue weighted by molar-refractivity contribution is -0.383. The molecule has 0 atom stereocenters. The van der Waals surface area contributed by atoms with Crippen molar-refractivity contribution >= 4 is 39.2 Å². The van der Waals surface area contributed by atoms with Gasteiger partial charge in [0.2, 0.25) is 0 Å². The van der Waals surface area contributed by atoms with E-state index in [2.05, 4.69) is 27.6 Å². The summed E-state index contributed by atoms with van der Waals surface area (Å²) in [5, 5.41) is 11.4. The quantitative estimate of drug-likeness (QED) is 0.462. The summed E-state index contributed by atoms with van der Waals surface area (Å²) in [5.74, 6) is 0. The molecule has 1 aromatic carbocycles. The lowest BCUT2D eigenvalue weighted by atomic mass is 10.2. The SMILES string of the molecule is O=[N+]([O-])c1ccnc2cccc(I)c12. The van der Waals surface area contributed by atoms with Crippen LogP contribution in [-0.4, -0.2) is 9.91 Å². The predicted molar refractivity (Wildman–Crippen MR) is 61.1 cm³/mol. The third-order valence-corrected chi connectivity index (χ3v) is 2.79. The Morgan fingerprint density at radius 2 is 2.14 bits per heavy atom. The van der Waals surface area contributed by atoms with Crippen molar-refractivity contribution in [3.63, 3.8) is 0 Å². The smallest absolute Gasteiger partial charge is 0.258 e. The highest BCUT2D eigenvalue weighted by molar-refractivity contribution is 14.1. The second kappa shape index (κ2) is 3.49. The number of hydrogen-bond acceptors (Lipinski definition) is 3. The molecule has 1 heterocycles. The Labute approximate surface area is 93.2 Å². The molecule has 0 aliphatic rings. The Morgan fingerprint density at radius 3 is 2.86 bits per heavy atom. The molecule has 0 amide bonds. The van der Waals surface area contributed by atoms with Gasteiger partial charge in [-0.3, -0.25) is 15.1 Å². The summed E-state index contributed by atoms with van der Waals surface area (Å²) in [6.45, 7) is 0. The van der Waals surface area contributed by atoms with Gasteiger partial charge in [0.1, 0.15) is 0 Å². The summed E-state index contributed by atoms with van der Waals surface area (Å²) in [6.07, 6.45) is 1.45. The van der Waals surface area contributed by atoms with Crippen molar-refractivity contribution < 1.29 is 4.92 Å². The fourth-order valence-corrected chi connectivity index (χ4v) is 2.06. The number of nitrogens with zero attached hydrogens (tertiary/aromatic N) is 2. The van der Waals surface area contributed by atoms with Crippen LogP contribution in [0.5, 0.6) is 0 Å². The molecule has 0 saturated heterocycles. The molecule has 2 rings (SSSR count). The molecule has 0 N–H and O–H groups in total. The molecule has 0 spiro atoms. The second-order valence-electron chi connectivity index (χ2n) is 2.72. The molecule has 0 bridgehead atoms. The van der Waals surface area contributed by atoms with Crippen molar-refractivity contribution in [1.82, 2.24) is 4.98 Å². The maximum absolute atomic E-state index is 10.7.